The summed E-state index contributed by atoms with van der Waals surface area (Å²) < 4.78 is 68.7. The van der Waals surface area contributed by atoms with E-state index in [-0.39, 0.29) is 25.7 Å². The van der Waals surface area contributed by atoms with E-state index in [1.165, 1.54) is 212 Å². The van der Waals surface area contributed by atoms with Crippen molar-refractivity contribution < 1.29 is 80.2 Å². The first-order chi connectivity index (χ1) is 48.2. The number of phosphoric acid groups is 2. The molecule has 0 spiro atoms. The Balaban J connectivity index is 5.19. The minimum Gasteiger partial charge on any atom is -0.462 e. The molecule has 0 aliphatic carbocycles. The molecular formula is C81H158O17P2. The Hall–Kier alpha value is -1.94. The number of esters is 4. The van der Waals surface area contributed by atoms with Crippen molar-refractivity contribution in [2.24, 2.45) is 23.7 Å². The third-order valence-electron chi connectivity index (χ3n) is 19.5. The van der Waals surface area contributed by atoms with Crippen molar-refractivity contribution >= 4 is 39.5 Å². The van der Waals surface area contributed by atoms with Gasteiger partial charge in [0, 0.05) is 25.7 Å². The fraction of sp³-hybridized carbons (Fsp3) is 0.951. The number of hydrogen-bond donors (Lipinski definition) is 3. The van der Waals surface area contributed by atoms with Crippen LogP contribution in [0.4, 0.5) is 0 Å². The van der Waals surface area contributed by atoms with Crippen LogP contribution in [0.5, 0.6) is 0 Å². The van der Waals surface area contributed by atoms with Crippen LogP contribution in [-0.4, -0.2) is 96.7 Å². The molecule has 0 rings (SSSR count). The molecule has 5 unspecified atom stereocenters. The van der Waals surface area contributed by atoms with Gasteiger partial charge in [0.15, 0.2) is 12.2 Å². The molecule has 0 aliphatic rings. The maximum Gasteiger partial charge on any atom is 0.472 e. The zero-order valence-electron chi connectivity index (χ0n) is 65.8. The molecule has 0 heterocycles. The topological polar surface area (TPSA) is 237 Å². The molecular weight excluding hydrogens is 1310 g/mol. The van der Waals surface area contributed by atoms with Crippen LogP contribution in [0.25, 0.3) is 0 Å². The lowest BCUT2D eigenvalue weighted by Gasteiger charge is -2.21. The summed E-state index contributed by atoms with van der Waals surface area (Å²) >= 11 is 0. The molecule has 100 heavy (non-hydrogen) atoms. The van der Waals surface area contributed by atoms with E-state index in [0.717, 1.165) is 114 Å². The lowest BCUT2D eigenvalue weighted by atomic mass is 9.99. The highest BCUT2D eigenvalue weighted by Gasteiger charge is 2.30. The zero-order chi connectivity index (χ0) is 73.8. The van der Waals surface area contributed by atoms with E-state index in [4.69, 9.17) is 37.0 Å². The Labute approximate surface area is 613 Å². The third-order valence-corrected chi connectivity index (χ3v) is 21.4. The van der Waals surface area contributed by atoms with Crippen molar-refractivity contribution in [1.29, 1.82) is 0 Å². The summed E-state index contributed by atoms with van der Waals surface area (Å²) in [6.45, 7) is 14.3. The van der Waals surface area contributed by atoms with Crippen LogP contribution in [0.15, 0.2) is 0 Å². The van der Waals surface area contributed by atoms with E-state index >= 15 is 0 Å². The molecule has 7 atom stereocenters. The van der Waals surface area contributed by atoms with Gasteiger partial charge in [-0.2, -0.15) is 0 Å². The molecule has 0 aliphatic heterocycles. The Morgan fingerprint density at radius 1 is 0.280 bits per heavy atom. The van der Waals surface area contributed by atoms with Crippen molar-refractivity contribution in [1.82, 2.24) is 0 Å². The summed E-state index contributed by atoms with van der Waals surface area (Å²) in [5, 5.41) is 10.6. The van der Waals surface area contributed by atoms with Gasteiger partial charge in [-0.1, -0.05) is 364 Å². The summed E-state index contributed by atoms with van der Waals surface area (Å²) in [6.07, 6.45) is 57.0. The molecule has 0 aromatic carbocycles. The van der Waals surface area contributed by atoms with Crippen LogP contribution >= 0.6 is 15.6 Å². The molecule has 0 amide bonds. The molecule has 594 valence electrons. The van der Waals surface area contributed by atoms with Gasteiger partial charge in [-0.05, 0) is 49.4 Å². The first kappa shape index (κ1) is 98.1. The number of hydrogen-bond acceptors (Lipinski definition) is 15. The average molecular weight is 1470 g/mol. The third kappa shape index (κ3) is 71.7. The minimum absolute atomic E-state index is 0.106. The Bertz CT molecular complexity index is 1960. The molecule has 19 heteroatoms. The highest BCUT2D eigenvalue weighted by Crippen LogP contribution is 2.45. The van der Waals surface area contributed by atoms with E-state index in [2.05, 4.69) is 55.4 Å². The molecule has 0 aromatic rings. The molecule has 0 radical (unpaired) electrons. The number of aliphatic hydroxyl groups excluding tert-OH is 1. The summed E-state index contributed by atoms with van der Waals surface area (Å²) in [7, 11) is -9.92. The Morgan fingerprint density at radius 2 is 0.480 bits per heavy atom. The van der Waals surface area contributed by atoms with Gasteiger partial charge in [-0.3, -0.25) is 37.3 Å². The van der Waals surface area contributed by atoms with Gasteiger partial charge >= 0.3 is 39.5 Å². The van der Waals surface area contributed by atoms with Crippen molar-refractivity contribution in [2.45, 2.75) is 433 Å². The second-order valence-corrected chi connectivity index (χ2v) is 33.5. The Morgan fingerprint density at radius 3 is 0.710 bits per heavy atom. The van der Waals surface area contributed by atoms with Crippen molar-refractivity contribution in [3.8, 4) is 0 Å². The number of ether oxygens (including phenoxy) is 4. The monoisotopic (exact) mass is 1470 g/mol. The highest BCUT2D eigenvalue weighted by molar-refractivity contribution is 7.47. The number of aliphatic hydroxyl groups is 1. The van der Waals surface area contributed by atoms with Gasteiger partial charge in [0.2, 0.25) is 0 Å². The number of carbonyl (C=O) groups excluding carboxylic acids is 4. The molecule has 0 bridgehead atoms. The fourth-order valence-corrected chi connectivity index (χ4v) is 13.9. The zero-order valence-corrected chi connectivity index (χ0v) is 67.6. The second kappa shape index (κ2) is 70.1. The van der Waals surface area contributed by atoms with Crippen LogP contribution in [0, 0.1) is 23.7 Å². The standard InChI is InChI=1S/C81H158O17P2/c1-9-73(7)59-51-43-35-27-23-19-15-13-11-12-14-16-20-24-28-38-47-55-63-81(86)98-77(68-92-79(84)62-54-46-40-32-34-42-50-58-72(5)6)70-96-100(89,90)94-66-75(82)65-93-99(87,88)95-69-76(67-91-78(83)61-53-45-37-31-30-36-44-52-60-74(8)10-2)97-80(85)64-56-48-39-29-25-21-17-18-22-26-33-41-49-57-71(3)4/h71-77,82H,9-70H2,1-8H3,(H,87,88)(H,89,90)/t73?,74?,75?,76-,77-/m1/s1. The van der Waals surface area contributed by atoms with Gasteiger partial charge in [-0.25, -0.2) is 9.13 Å². The number of phosphoric ester groups is 2. The molecule has 3 N–H and O–H groups in total. The van der Waals surface area contributed by atoms with Crippen LogP contribution < -0.4 is 0 Å². The summed E-state index contributed by atoms with van der Waals surface area (Å²) in [4.78, 5) is 73.0. The van der Waals surface area contributed by atoms with Crippen LogP contribution in [0.2, 0.25) is 0 Å². The molecule has 17 nitrogen and oxygen atoms in total. The van der Waals surface area contributed by atoms with Gasteiger partial charge in [-0.15, -0.1) is 0 Å². The first-order valence-electron chi connectivity index (χ1n) is 41.8. The van der Waals surface area contributed by atoms with E-state index in [1.54, 1.807) is 0 Å². The molecule has 0 fully saturated rings. The first-order valence-corrected chi connectivity index (χ1v) is 44.8. The van der Waals surface area contributed by atoms with E-state index in [0.29, 0.717) is 31.6 Å². The van der Waals surface area contributed by atoms with Gasteiger partial charge < -0.3 is 33.8 Å². The summed E-state index contributed by atoms with van der Waals surface area (Å²) in [6, 6.07) is 0. The van der Waals surface area contributed by atoms with E-state index in [9.17, 15) is 43.2 Å². The number of carbonyl (C=O) groups is 4. The average Bonchev–Trinajstić information content (AvgIpc) is 0.950. The predicted octanol–water partition coefficient (Wildman–Crippen LogP) is 24.0. The quantitative estimate of drug-likeness (QED) is 0.0222. The summed E-state index contributed by atoms with van der Waals surface area (Å²) in [5.41, 5.74) is 0. The normalized spacial score (nSPS) is 14.6. The van der Waals surface area contributed by atoms with Gasteiger partial charge in [0.05, 0.1) is 26.4 Å². The maximum atomic E-state index is 13.1. The smallest absolute Gasteiger partial charge is 0.462 e. The largest absolute Gasteiger partial charge is 0.472 e. The SMILES string of the molecule is CCC(C)CCCCCCCCCCCCCCCCCCCCC(=O)O[C@H](COC(=O)CCCCCCCCCC(C)C)COP(=O)(O)OCC(O)COP(=O)(O)OC[C@@H](COC(=O)CCCCCCCCCCC(C)CC)OC(=O)CCCCCCCCCCCCCCCC(C)C. The van der Waals surface area contributed by atoms with Crippen LogP contribution in [0.3, 0.4) is 0 Å². The lowest BCUT2D eigenvalue weighted by Crippen LogP contribution is -2.30. The lowest BCUT2D eigenvalue weighted by molar-refractivity contribution is -0.161. The summed E-state index contributed by atoms with van der Waals surface area (Å²) in [5.74, 6) is 1.02. The van der Waals surface area contributed by atoms with Gasteiger partial charge in [0.1, 0.15) is 19.3 Å². The van der Waals surface area contributed by atoms with Crippen molar-refractivity contribution in [3.63, 3.8) is 0 Å². The number of unbranched alkanes of at least 4 members (excludes halogenated alkanes) is 42. The fourth-order valence-electron chi connectivity index (χ4n) is 12.4. The molecule has 0 aromatic heterocycles. The molecule has 0 saturated carbocycles. The maximum absolute atomic E-state index is 13.1. The number of rotatable bonds is 78. The molecule has 0 saturated heterocycles. The van der Waals surface area contributed by atoms with E-state index in [1.807, 2.05) is 0 Å². The predicted molar refractivity (Wildman–Crippen MR) is 409 cm³/mol. The van der Waals surface area contributed by atoms with Crippen molar-refractivity contribution in [3.05, 3.63) is 0 Å². The van der Waals surface area contributed by atoms with Gasteiger partial charge in [0.25, 0.3) is 0 Å². The Kier molecular flexibility index (Phi) is 68.7. The highest BCUT2D eigenvalue weighted by atomic mass is 31.2. The van der Waals surface area contributed by atoms with Crippen LogP contribution in [0.1, 0.15) is 415 Å². The minimum atomic E-state index is -4.96. The van der Waals surface area contributed by atoms with Crippen LogP contribution in [-0.2, 0) is 65.4 Å². The second-order valence-electron chi connectivity index (χ2n) is 30.6. The van der Waals surface area contributed by atoms with Crippen molar-refractivity contribution in [2.75, 3.05) is 39.6 Å². The van der Waals surface area contributed by atoms with E-state index < -0.39 is 97.5 Å².